The highest BCUT2D eigenvalue weighted by Gasteiger charge is 2.10. The van der Waals surface area contributed by atoms with Crippen molar-refractivity contribution in [3.8, 4) is 28.5 Å². The molecule has 0 amide bonds. The van der Waals surface area contributed by atoms with Crippen LogP contribution in [-0.2, 0) is 4.79 Å². The largest absolute Gasteiger partial charge is 0.479 e. The van der Waals surface area contributed by atoms with E-state index in [1.54, 1.807) is 0 Å². The maximum Gasteiger partial charge on any atom is 0.341 e. The van der Waals surface area contributed by atoms with Crippen molar-refractivity contribution in [2.45, 2.75) is 0 Å². The van der Waals surface area contributed by atoms with Gasteiger partial charge in [-0.2, -0.15) is 9.97 Å². The maximum atomic E-state index is 10.7. The Balaban J connectivity index is 2.05. The molecular formula is C18H14N2O3. The summed E-state index contributed by atoms with van der Waals surface area (Å²) in [5, 5.41) is 8.77. The van der Waals surface area contributed by atoms with E-state index in [0.717, 1.165) is 11.1 Å². The van der Waals surface area contributed by atoms with Gasteiger partial charge in [-0.1, -0.05) is 60.7 Å². The summed E-state index contributed by atoms with van der Waals surface area (Å²) in [6.45, 7) is -0.480. The fraction of sp³-hybridized carbons (Fsp3) is 0.0556. The maximum absolute atomic E-state index is 10.7. The highest BCUT2D eigenvalue weighted by molar-refractivity contribution is 5.69. The molecule has 0 aliphatic rings. The Kier molecular flexibility index (Phi) is 4.29. The summed E-state index contributed by atoms with van der Waals surface area (Å²) in [5.74, 6) is -1.07. The van der Waals surface area contributed by atoms with E-state index in [-0.39, 0.29) is 6.01 Å². The second-order valence-corrected chi connectivity index (χ2v) is 4.84. The van der Waals surface area contributed by atoms with Crippen molar-refractivity contribution in [2.75, 3.05) is 6.61 Å². The Labute approximate surface area is 133 Å². The number of hydrogen-bond donors (Lipinski definition) is 1. The number of carboxylic acid groups (broad SMARTS) is 1. The van der Waals surface area contributed by atoms with Crippen molar-refractivity contribution < 1.29 is 14.6 Å². The van der Waals surface area contributed by atoms with Gasteiger partial charge in [-0.15, -0.1) is 0 Å². The molecule has 0 aliphatic heterocycles. The first-order valence-electron chi connectivity index (χ1n) is 7.07. The summed E-state index contributed by atoms with van der Waals surface area (Å²) < 4.78 is 5.17. The van der Waals surface area contributed by atoms with Crippen molar-refractivity contribution >= 4 is 5.97 Å². The van der Waals surface area contributed by atoms with E-state index in [4.69, 9.17) is 9.84 Å². The minimum atomic E-state index is -1.07. The van der Waals surface area contributed by atoms with Crippen LogP contribution < -0.4 is 4.74 Å². The topological polar surface area (TPSA) is 72.3 Å². The van der Waals surface area contributed by atoms with Crippen LogP contribution in [0.1, 0.15) is 0 Å². The van der Waals surface area contributed by atoms with Gasteiger partial charge in [0.15, 0.2) is 6.61 Å². The van der Waals surface area contributed by atoms with Gasteiger partial charge in [-0.05, 0) is 6.07 Å². The first-order valence-corrected chi connectivity index (χ1v) is 7.07. The zero-order valence-electron chi connectivity index (χ0n) is 12.2. The SMILES string of the molecule is O=C(O)COc1nc(-c2ccccc2)cc(-c2ccccc2)n1. The monoisotopic (exact) mass is 306 g/mol. The van der Waals surface area contributed by atoms with Gasteiger partial charge in [0.05, 0.1) is 11.4 Å². The molecule has 2 aromatic carbocycles. The minimum Gasteiger partial charge on any atom is -0.479 e. The van der Waals surface area contributed by atoms with E-state index in [1.165, 1.54) is 0 Å². The highest BCUT2D eigenvalue weighted by atomic mass is 16.5. The van der Waals surface area contributed by atoms with Gasteiger partial charge < -0.3 is 9.84 Å². The summed E-state index contributed by atoms with van der Waals surface area (Å²) in [6.07, 6.45) is 0. The molecule has 23 heavy (non-hydrogen) atoms. The third-order valence-electron chi connectivity index (χ3n) is 3.17. The Bertz CT molecular complexity index is 747. The van der Waals surface area contributed by atoms with E-state index < -0.39 is 12.6 Å². The predicted octanol–water partition coefficient (Wildman–Crippen LogP) is 3.27. The minimum absolute atomic E-state index is 0.0487. The van der Waals surface area contributed by atoms with Crippen LogP contribution in [0.3, 0.4) is 0 Å². The van der Waals surface area contributed by atoms with E-state index >= 15 is 0 Å². The lowest BCUT2D eigenvalue weighted by Crippen LogP contribution is -2.11. The summed E-state index contributed by atoms with van der Waals surface area (Å²) in [5.41, 5.74) is 3.18. The first kappa shape index (κ1) is 14.7. The van der Waals surface area contributed by atoms with Crippen LogP contribution >= 0.6 is 0 Å². The molecule has 0 spiro atoms. The van der Waals surface area contributed by atoms with Crippen LogP contribution in [0.5, 0.6) is 6.01 Å². The Hall–Kier alpha value is -3.21. The number of carboxylic acids is 1. The van der Waals surface area contributed by atoms with Gasteiger partial charge in [-0.3, -0.25) is 0 Å². The van der Waals surface area contributed by atoms with Crippen molar-refractivity contribution in [1.82, 2.24) is 9.97 Å². The Morgan fingerprint density at radius 2 is 1.35 bits per heavy atom. The van der Waals surface area contributed by atoms with Gasteiger partial charge in [0.2, 0.25) is 0 Å². The molecule has 0 bridgehead atoms. The molecule has 1 N–H and O–H groups in total. The third-order valence-corrected chi connectivity index (χ3v) is 3.17. The fourth-order valence-corrected chi connectivity index (χ4v) is 2.13. The normalized spacial score (nSPS) is 10.3. The van der Waals surface area contributed by atoms with Crippen molar-refractivity contribution in [3.05, 3.63) is 66.7 Å². The van der Waals surface area contributed by atoms with Crippen molar-refractivity contribution in [2.24, 2.45) is 0 Å². The lowest BCUT2D eigenvalue weighted by Gasteiger charge is -2.08. The van der Waals surface area contributed by atoms with Crippen LogP contribution in [0.2, 0.25) is 0 Å². The number of benzene rings is 2. The summed E-state index contributed by atoms with van der Waals surface area (Å²) in [4.78, 5) is 19.3. The molecule has 0 fully saturated rings. The lowest BCUT2D eigenvalue weighted by atomic mass is 10.1. The standard InChI is InChI=1S/C18H14N2O3/c21-17(22)12-23-18-19-15(13-7-3-1-4-8-13)11-16(20-18)14-9-5-2-6-10-14/h1-11H,12H2,(H,21,22). The number of aromatic nitrogens is 2. The van der Waals surface area contributed by atoms with Gasteiger partial charge in [-0.25, -0.2) is 4.79 Å². The first-order chi connectivity index (χ1) is 11.2. The molecule has 0 saturated carbocycles. The summed E-state index contributed by atoms with van der Waals surface area (Å²) in [7, 11) is 0. The fourth-order valence-electron chi connectivity index (χ4n) is 2.13. The number of hydrogen-bond acceptors (Lipinski definition) is 4. The Morgan fingerprint density at radius 3 is 1.78 bits per heavy atom. The zero-order chi connectivity index (χ0) is 16.1. The van der Waals surface area contributed by atoms with Crippen molar-refractivity contribution in [1.29, 1.82) is 0 Å². The lowest BCUT2D eigenvalue weighted by molar-refractivity contribution is -0.139. The highest BCUT2D eigenvalue weighted by Crippen LogP contribution is 2.25. The van der Waals surface area contributed by atoms with Crippen LogP contribution in [0.15, 0.2) is 66.7 Å². The van der Waals surface area contributed by atoms with E-state index in [1.807, 2.05) is 66.7 Å². The molecule has 5 nitrogen and oxygen atoms in total. The molecule has 0 unspecified atom stereocenters. The summed E-state index contributed by atoms with van der Waals surface area (Å²) >= 11 is 0. The van der Waals surface area contributed by atoms with Crippen LogP contribution in [0, 0.1) is 0 Å². The number of carbonyl (C=O) groups is 1. The molecule has 0 radical (unpaired) electrons. The molecular weight excluding hydrogens is 292 g/mol. The average Bonchev–Trinajstić information content (AvgIpc) is 2.61. The van der Waals surface area contributed by atoms with E-state index in [2.05, 4.69) is 9.97 Å². The second-order valence-electron chi connectivity index (χ2n) is 4.84. The van der Waals surface area contributed by atoms with E-state index in [9.17, 15) is 4.79 Å². The molecule has 0 atom stereocenters. The number of ether oxygens (including phenoxy) is 1. The van der Waals surface area contributed by atoms with Crippen LogP contribution in [-0.4, -0.2) is 27.7 Å². The van der Waals surface area contributed by atoms with Gasteiger partial charge in [0, 0.05) is 11.1 Å². The number of nitrogens with zero attached hydrogens (tertiary/aromatic N) is 2. The Morgan fingerprint density at radius 1 is 0.870 bits per heavy atom. The van der Waals surface area contributed by atoms with Crippen molar-refractivity contribution in [3.63, 3.8) is 0 Å². The quantitative estimate of drug-likeness (QED) is 0.783. The van der Waals surface area contributed by atoms with Gasteiger partial charge in [0.25, 0.3) is 0 Å². The predicted molar refractivity (Wildman–Crippen MR) is 86.0 cm³/mol. The molecule has 3 aromatic rings. The van der Waals surface area contributed by atoms with E-state index in [0.29, 0.717) is 11.4 Å². The molecule has 5 heteroatoms. The van der Waals surface area contributed by atoms with Gasteiger partial charge in [0.1, 0.15) is 0 Å². The molecule has 0 saturated heterocycles. The molecule has 1 aromatic heterocycles. The van der Waals surface area contributed by atoms with Gasteiger partial charge >= 0.3 is 12.0 Å². The number of rotatable bonds is 5. The molecule has 1 heterocycles. The molecule has 3 rings (SSSR count). The van der Waals surface area contributed by atoms with Crippen LogP contribution in [0.25, 0.3) is 22.5 Å². The molecule has 114 valence electrons. The summed E-state index contributed by atoms with van der Waals surface area (Å²) in [6, 6.07) is 21.1. The van der Waals surface area contributed by atoms with Crippen LogP contribution in [0.4, 0.5) is 0 Å². The number of aliphatic carboxylic acids is 1. The zero-order valence-corrected chi connectivity index (χ0v) is 12.2. The second kappa shape index (κ2) is 6.70. The molecule has 0 aliphatic carbocycles. The third kappa shape index (κ3) is 3.71. The average molecular weight is 306 g/mol. The smallest absolute Gasteiger partial charge is 0.341 e.